The highest BCUT2D eigenvalue weighted by molar-refractivity contribution is 8.13. The maximum Gasteiger partial charge on any atom is 0.318 e. The number of hydrogen-bond donors (Lipinski definition) is 0. The molecule has 0 spiro atoms. The maximum absolute atomic E-state index is 5.25. The van der Waals surface area contributed by atoms with Crippen LogP contribution in [0.2, 0.25) is 0 Å². The Kier molecular flexibility index (Phi) is 4.61. The van der Waals surface area contributed by atoms with E-state index >= 15 is 0 Å². The van der Waals surface area contributed by atoms with E-state index in [0.717, 1.165) is 10.2 Å². The number of pyridine rings is 1. The summed E-state index contributed by atoms with van der Waals surface area (Å²) in [5.41, 5.74) is 0. The highest BCUT2D eigenvalue weighted by Crippen LogP contribution is 2.15. The van der Waals surface area contributed by atoms with Gasteiger partial charge in [0.2, 0.25) is 6.20 Å². The van der Waals surface area contributed by atoms with Gasteiger partial charge in [-0.2, -0.15) is 0 Å². The molecule has 16 heavy (non-hydrogen) atoms. The van der Waals surface area contributed by atoms with Gasteiger partial charge in [0.15, 0.2) is 0 Å². The van der Waals surface area contributed by atoms with Gasteiger partial charge >= 0.3 is 10.2 Å². The molecule has 0 aliphatic heterocycles. The standard InChI is InChI=1S/C11H19N3OS/c1-12(2)11(13(3)4)16-10-8-6-7-9-14(10)15-5/h6-9H,1-5H3/q+2. The summed E-state index contributed by atoms with van der Waals surface area (Å²) >= 11 is 1.66. The van der Waals surface area contributed by atoms with Gasteiger partial charge in [0.05, 0.1) is 40.0 Å². The lowest BCUT2D eigenvalue weighted by atomic mass is 10.5. The maximum atomic E-state index is 5.25. The average molecular weight is 241 g/mol. The summed E-state index contributed by atoms with van der Waals surface area (Å²) in [5, 5.41) is 2.19. The topological polar surface area (TPSA) is 19.4 Å². The number of rotatable bonds is 2. The van der Waals surface area contributed by atoms with Gasteiger partial charge in [-0.3, -0.25) is 14.3 Å². The fraction of sp³-hybridized carbons (Fsp3) is 0.455. The molecule has 0 aromatic carbocycles. The van der Waals surface area contributed by atoms with E-state index in [4.69, 9.17) is 4.84 Å². The molecule has 0 amide bonds. The SMILES string of the molecule is CO[n+]1ccccc1SC(N(C)C)=[N+](C)C. The lowest BCUT2D eigenvalue weighted by Gasteiger charge is -2.08. The molecule has 1 rings (SSSR count). The number of nitrogens with zero attached hydrogens (tertiary/aromatic N) is 3. The molecule has 5 heteroatoms. The van der Waals surface area contributed by atoms with Crippen LogP contribution in [0.3, 0.4) is 0 Å². The predicted molar refractivity (Wildman–Crippen MR) is 65.8 cm³/mol. The Bertz CT molecular complexity index is 387. The van der Waals surface area contributed by atoms with E-state index in [1.165, 1.54) is 0 Å². The summed E-state index contributed by atoms with van der Waals surface area (Å²) in [6.45, 7) is 0. The van der Waals surface area contributed by atoms with Gasteiger partial charge < -0.3 is 0 Å². The summed E-state index contributed by atoms with van der Waals surface area (Å²) in [6, 6.07) is 5.97. The third-order valence-corrected chi connectivity index (χ3v) is 3.38. The monoisotopic (exact) mass is 241 g/mol. The van der Waals surface area contributed by atoms with Crippen molar-refractivity contribution in [2.24, 2.45) is 0 Å². The van der Waals surface area contributed by atoms with Crippen LogP contribution in [0.25, 0.3) is 0 Å². The van der Waals surface area contributed by atoms with Crippen molar-refractivity contribution < 1.29 is 14.1 Å². The van der Waals surface area contributed by atoms with Crippen LogP contribution in [0.1, 0.15) is 0 Å². The molecule has 0 saturated carbocycles. The molecule has 0 saturated heterocycles. The molecular weight excluding hydrogens is 222 g/mol. The average Bonchev–Trinajstić information content (AvgIpc) is 2.25. The van der Waals surface area contributed by atoms with Gasteiger partial charge in [0, 0.05) is 16.9 Å². The van der Waals surface area contributed by atoms with Crippen LogP contribution < -0.4 is 9.57 Å². The summed E-state index contributed by atoms with van der Waals surface area (Å²) in [4.78, 5) is 7.33. The highest BCUT2D eigenvalue weighted by atomic mass is 32.2. The normalized spacial score (nSPS) is 9.81. The molecule has 0 atom stereocenters. The first kappa shape index (κ1) is 12.8. The van der Waals surface area contributed by atoms with Crippen molar-refractivity contribution in [3.63, 3.8) is 0 Å². The van der Waals surface area contributed by atoms with Crippen LogP contribution in [0.15, 0.2) is 29.4 Å². The van der Waals surface area contributed by atoms with E-state index in [-0.39, 0.29) is 0 Å². The van der Waals surface area contributed by atoms with E-state index in [1.807, 2.05) is 52.6 Å². The summed E-state index contributed by atoms with van der Waals surface area (Å²) in [5.74, 6) is 0. The number of hydrogen-bond acceptors (Lipinski definition) is 2. The van der Waals surface area contributed by atoms with Crippen molar-refractivity contribution in [1.82, 2.24) is 4.90 Å². The second kappa shape index (κ2) is 5.75. The van der Waals surface area contributed by atoms with Crippen molar-refractivity contribution in [1.29, 1.82) is 0 Å². The third-order valence-electron chi connectivity index (χ3n) is 1.95. The van der Waals surface area contributed by atoms with Crippen LogP contribution in [-0.4, -0.2) is 49.9 Å². The molecule has 4 nitrogen and oxygen atoms in total. The van der Waals surface area contributed by atoms with Gasteiger partial charge in [-0.25, -0.2) is 0 Å². The summed E-state index contributed by atoms with van der Waals surface area (Å²) in [7, 11) is 9.78. The quantitative estimate of drug-likeness (QED) is 0.322. The molecule has 0 aliphatic carbocycles. The fourth-order valence-corrected chi connectivity index (χ4v) is 2.24. The van der Waals surface area contributed by atoms with Crippen LogP contribution in [-0.2, 0) is 0 Å². The minimum absolute atomic E-state index is 1.04. The smallest absolute Gasteiger partial charge is 0.274 e. The second-order valence-corrected chi connectivity index (χ2v) is 4.71. The lowest BCUT2D eigenvalue weighted by Crippen LogP contribution is -2.43. The summed E-state index contributed by atoms with van der Waals surface area (Å²) < 4.78 is 3.83. The molecule has 0 fully saturated rings. The largest absolute Gasteiger partial charge is 0.318 e. The van der Waals surface area contributed by atoms with Crippen LogP contribution in [0.5, 0.6) is 0 Å². The van der Waals surface area contributed by atoms with E-state index < -0.39 is 0 Å². The molecule has 88 valence electrons. The van der Waals surface area contributed by atoms with Crippen molar-refractivity contribution in [2.45, 2.75) is 5.03 Å². The Morgan fingerprint density at radius 1 is 1.38 bits per heavy atom. The number of aromatic nitrogens is 1. The Morgan fingerprint density at radius 2 is 2.06 bits per heavy atom. The second-order valence-electron chi connectivity index (χ2n) is 3.72. The van der Waals surface area contributed by atoms with Gasteiger partial charge in [0.1, 0.15) is 7.11 Å². The van der Waals surface area contributed by atoms with Crippen molar-refractivity contribution in [3.05, 3.63) is 24.4 Å². The molecule has 0 bridgehead atoms. The molecule has 0 N–H and O–H groups in total. The first-order chi connectivity index (χ1) is 7.56. The molecule has 1 heterocycles. The number of thioether (sulfide) groups is 1. The van der Waals surface area contributed by atoms with Crippen molar-refractivity contribution in [2.75, 3.05) is 35.3 Å². The number of amidine groups is 1. The Balaban J connectivity index is 2.99. The van der Waals surface area contributed by atoms with E-state index in [2.05, 4.69) is 9.48 Å². The van der Waals surface area contributed by atoms with Gasteiger partial charge in [0.25, 0.3) is 0 Å². The molecule has 0 unspecified atom stereocenters. The Morgan fingerprint density at radius 3 is 2.56 bits per heavy atom. The predicted octanol–water partition coefficient (Wildman–Crippen LogP) is 0.314. The molecular formula is C11H19N3OS+2. The van der Waals surface area contributed by atoms with E-state index in [0.29, 0.717) is 0 Å². The Labute approximate surface area is 101 Å². The first-order valence-corrected chi connectivity index (χ1v) is 5.82. The van der Waals surface area contributed by atoms with Crippen LogP contribution in [0.4, 0.5) is 0 Å². The van der Waals surface area contributed by atoms with Gasteiger partial charge in [-0.15, -0.1) is 0 Å². The Hall–Kier alpha value is -1.23. The third kappa shape index (κ3) is 3.13. The molecule has 1 aromatic rings. The molecule has 0 radical (unpaired) electrons. The zero-order valence-electron chi connectivity index (χ0n) is 10.5. The van der Waals surface area contributed by atoms with E-state index in [1.54, 1.807) is 23.6 Å². The zero-order valence-corrected chi connectivity index (χ0v) is 11.3. The highest BCUT2D eigenvalue weighted by Gasteiger charge is 2.21. The van der Waals surface area contributed by atoms with Gasteiger partial charge in [-0.05, 0) is 6.07 Å². The van der Waals surface area contributed by atoms with Crippen LogP contribution >= 0.6 is 11.8 Å². The molecule has 1 aromatic heterocycles. The minimum Gasteiger partial charge on any atom is -0.274 e. The lowest BCUT2D eigenvalue weighted by molar-refractivity contribution is -0.913. The van der Waals surface area contributed by atoms with E-state index in [9.17, 15) is 0 Å². The molecule has 0 aliphatic rings. The first-order valence-electron chi connectivity index (χ1n) is 5.01. The van der Waals surface area contributed by atoms with Gasteiger partial charge in [-0.1, -0.05) is 0 Å². The minimum atomic E-state index is 1.04. The van der Waals surface area contributed by atoms with Crippen molar-refractivity contribution >= 4 is 16.9 Å². The summed E-state index contributed by atoms with van der Waals surface area (Å²) in [6.07, 6.45) is 1.89. The fourth-order valence-electron chi connectivity index (χ4n) is 1.32. The zero-order chi connectivity index (χ0) is 12.1. The van der Waals surface area contributed by atoms with Crippen LogP contribution in [0, 0.1) is 0 Å². The van der Waals surface area contributed by atoms with Crippen molar-refractivity contribution in [3.8, 4) is 0 Å².